The van der Waals surface area contributed by atoms with Crippen LogP contribution in [0.1, 0.15) is 51.5 Å². The van der Waals surface area contributed by atoms with Gasteiger partial charge < -0.3 is 5.32 Å². The van der Waals surface area contributed by atoms with Crippen LogP contribution in [0.25, 0.3) is 0 Å². The second-order valence-electron chi connectivity index (χ2n) is 6.08. The highest BCUT2D eigenvalue weighted by molar-refractivity contribution is 7.89. The molecule has 5 heteroatoms. The summed E-state index contributed by atoms with van der Waals surface area (Å²) in [5.41, 5.74) is 1.19. The molecule has 1 aliphatic heterocycles. The van der Waals surface area contributed by atoms with Crippen molar-refractivity contribution in [3.05, 3.63) is 29.8 Å². The van der Waals surface area contributed by atoms with Crippen molar-refractivity contribution >= 4 is 10.0 Å². The molecular weight excluding hydrogens is 284 g/mol. The second kappa shape index (κ2) is 6.90. The highest BCUT2D eigenvalue weighted by Crippen LogP contribution is 2.21. The average molecular weight is 310 g/mol. The largest absolute Gasteiger partial charge is 0.314 e. The minimum atomic E-state index is -3.41. The van der Waals surface area contributed by atoms with Crippen LogP contribution in [0.15, 0.2) is 29.2 Å². The third kappa shape index (κ3) is 4.28. The molecule has 118 valence electrons. The number of benzene rings is 1. The number of piperidine rings is 1. The van der Waals surface area contributed by atoms with Crippen LogP contribution in [0.3, 0.4) is 0 Å². The van der Waals surface area contributed by atoms with E-state index in [4.69, 9.17) is 0 Å². The lowest BCUT2D eigenvalue weighted by Crippen LogP contribution is -2.46. The Labute approximate surface area is 128 Å². The molecular formula is C16H26N2O2S. The summed E-state index contributed by atoms with van der Waals surface area (Å²) in [5.74, 6) is 0.458. The van der Waals surface area contributed by atoms with Crippen LogP contribution in [0, 0.1) is 0 Å². The molecule has 0 spiro atoms. The highest BCUT2D eigenvalue weighted by Gasteiger charge is 2.24. The fourth-order valence-corrected chi connectivity index (χ4v) is 4.02. The number of nitrogens with one attached hydrogen (secondary N) is 2. The Morgan fingerprint density at radius 3 is 2.57 bits per heavy atom. The molecule has 1 fully saturated rings. The normalized spacial score (nSPS) is 24.7. The van der Waals surface area contributed by atoms with Gasteiger partial charge in [-0.25, -0.2) is 13.1 Å². The van der Waals surface area contributed by atoms with Crippen LogP contribution in [-0.2, 0) is 10.0 Å². The zero-order valence-electron chi connectivity index (χ0n) is 13.1. The van der Waals surface area contributed by atoms with Gasteiger partial charge >= 0.3 is 0 Å². The van der Waals surface area contributed by atoms with Crippen LogP contribution in [0.5, 0.6) is 0 Å². The van der Waals surface area contributed by atoms with Crippen molar-refractivity contribution in [2.45, 2.75) is 62.9 Å². The van der Waals surface area contributed by atoms with Gasteiger partial charge in [0.15, 0.2) is 0 Å². The Balaban J connectivity index is 2.08. The van der Waals surface area contributed by atoms with Crippen LogP contribution in [0.2, 0.25) is 0 Å². The lowest BCUT2D eigenvalue weighted by atomic mass is 9.99. The molecule has 0 amide bonds. The maximum absolute atomic E-state index is 12.4. The van der Waals surface area contributed by atoms with E-state index in [1.54, 1.807) is 12.1 Å². The zero-order chi connectivity index (χ0) is 15.5. The molecule has 0 aromatic heterocycles. The van der Waals surface area contributed by atoms with E-state index in [-0.39, 0.29) is 6.04 Å². The predicted molar refractivity (Wildman–Crippen MR) is 86.0 cm³/mol. The molecule has 0 aliphatic carbocycles. The number of hydrogen-bond acceptors (Lipinski definition) is 3. The Bertz CT molecular complexity index is 554. The van der Waals surface area contributed by atoms with Crippen LogP contribution in [0.4, 0.5) is 0 Å². The van der Waals surface area contributed by atoms with Gasteiger partial charge in [0.1, 0.15) is 0 Å². The third-order valence-electron chi connectivity index (χ3n) is 4.32. The molecule has 3 unspecified atom stereocenters. The number of sulfonamides is 1. The van der Waals surface area contributed by atoms with Gasteiger partial charge in [0, 0.05) is 12.1 Å². The van der Waals surface area contributed by atoms with Gasteiger partial charge in [-0.1, -0.05) is 26.0 Å². The molecule has 2 N–H and O–H groups in total. The van der Waals surface area contributed by atoms with E-state index < -0.39 is 10.0 Å². The summed E-state index contributed by atoms with van der Waals surface area (Å²) in [6, 6.07) is 7.67. The molecule has 0 radical (unpaired) electrons. The van der Waals surface area contributed by atoms with Gasteiger partial charge in [-0.2, -0.15) is 0 Å². The van der Waals surface area contributed by atoms with Crippen molar-refractivity contribution in [2.75, 3.05) is 6.54 Å². The van der Waals surface area contributed by atoms with Gasteiger partial charge in [-0.05, 0) is 56.3 Å². The summed E-state index contributed by atoms with van der Waals surface area (Å²) in [4.78, 5) is 0.362. The SMILES string of the molecule is CCC(C)c1ccc(S(=O)(=O)NC2CCNC(C)C2)cc1. The molecule has 21 heavy (non-hydrogen) atoms. The number of hydrogen-bond donors (Lipinski definition) is 2. The fraction of sp³-hybridized carbons (Fsp3) is 0.625. The summed E-state index contributed by atoms with van der Waals surface area (Å²) in [6.45, 7) is 7.23. The zero-order valence-corrected chi connectivity index (χ0v) is 13.9. The summed E-state index contributed by atoms with van der Waals surface area (Å²) < 4.78 is 27.7. The molecule has 1 saturated heterocycles. The average Bonchev–Trinajstić information content (AvgIpc) is 2.46. The van der Waals surface area contributed by atoms with E-state index in [0.717, 1.165) is 25.8 Å². The van der Waals surface area contributed by atoms with E-state index in [9.17, 15) is 8.42 Å². The first-order valence-corrected chi connectivity index (χ1v) is 9.26. The lowest BCUT2D eigenvalue weighted by Gasteiger charge is -2.28. The van der Waals surface area contributed by atoms with E-state index in [2.05, 4.69) is 30.8 Å². The van der Waals surface area contributed by atoms with Crippen molar-refractivity contribution < 1.29 is 8.42 Å². The minimum absolute atomic E-state index is 0.0282. The first-order chi connectivity index (χ1) is 9.92. The molecule has 0 saturated carbocycles. The maximum Gasteiger partial charge on any atom is 0.240 e. The predicted octanol–water partition coefficient (Wildman–Crippen LogP) is 2.62. The van der Waals surface area contributed by atoms with Crippen molar-refractivity contribution in [2.24, 2.45) is 0 Å². The van der Waals surface area contributed by atoms with Crippen molar-refractivity contribution in [3.8, 4) is 0 Å². The standard InChI is InChI=1S/C16H26N2O2S/c1-4-12(2)14-5-7-16(8-6-14)21(19,20)18-15-9-10-17-13(3)11-15/h5-8,12-13,15,17-18H,4,9-11H2,1-3H3. The smallest absolute Gasteiger partial charge is 0.240 e. The molecule has 1 heterocycles. The first kappa shape index (κ1) is 16.5. The van der Waals surface area contributed by atoms with Crippen LogP contribution >= 0.6 is 0 Å². The van der Waals surface area contributed by atoms with Crippen molar-refractivity contribution in [1.82, 2.24) is 10.0 Å². The van der Waals surface area contributed by atoms with Gasteiger partial charge in [0.2, 0.25) is 10.0 Å². The van der Waals surface area contributed by atoms with Crippen molar-refractivity contribution in [3.63, 3.8) is 0 Å². The van der Waals surface area contributed by atoms with E-state index in [0.29, 0.717) is 16.9 Å². The Kier molecular flexibility index (Phi) is 5.41. The Morgan fingerprint density at radius 1 is 1.33 bits per heavy atom. The topological polar surface area (TPSA) is 58.2 Å². The summed E-state index contributed by atoms with van der Waals surface area (Å²) in [5, 5.41) is 3.33. The van der Waals surface area contributed by atoms with Gasteiger partial charge in [0.05, 0.1) is 4.90 Å². The van der Waals surface area contributed by atoms with Crippen LogP contribution < -0.4 is 10.0 Å². The van der Waals surface area contributed by atoms with Gasteiger partial charge in [-0.3, -0.25) is 0 Å². The van der Waals surface area contributed by atoms with Crippen molar-refractivity contribution in [1.29, 1.82) is 0 Å². The van der Waals surface area contributed by atoms with E-state index in [1.807, 2.05) is 12.1 Å². The van der Waals surface area contributed by atoms with Gasteiger partial charge in [-0.15, -0.1) is 0 Å². The number of rotatable bonds is 5. The first-order valence-electron chi connectivity index (χ1n) is 7.78. The molecule has 1 aromatic carbocycles. The fourth-order valence-electron chi connectivity index (χ4n) is 2.74. The highest BCUT2D eigenvalue weighted by atomic mass is 32.2. The van der Waals surface area contributed by atoms with E-state index >= 15 is 0 Å². The maximum atomic E-state index is 12.4. The summed E-state index contributed by atoms with van der Waals surface area (Å²) >= 11 is 0. The quantitative estimate of drug-likeness (QED) is 0.879. The summed E-state index contributed by atoms with van der Waals surface area (Å²) in [7, 11) is -3.41. The molecule has 1 aliphatic rings. The molecule has 4 nitrogen and oxygen atoms in total. The van der Waals surface area contributed by atoms with E-state index in [1.165, 1.54) is 5.56 Å². The molecule has 0 bridgehead atoms. The molecule has 1 aromatic rings. The van der Waals surface area contributed by atoms with Crippen LogP contribution in [-0.4, -0.2) is 27.0 Å². The Hall–Kier alpha value is -0.910. The Morgan fingerprint density at radius 2 is 2.00 bits per heavy atom. The monoisotopic (exact) mass is 310 g/mol. The minimum Gasteiger partial charge on any atom is -0.314 e. The molecule has 2 rings (SSSR count). The summed E-state index contributed by atoms with van der Waals surface area (Å²) in [6.07, 6.45) is 2.73. The van der Waals surface area contributed by atoms with Gasteiger partial charge in [0.25, 0.3) is 0 Å². The lowest BCUT2D eigenvalue weighted by molar-refractivity contribution is 0.361. The second-order valence-corrected chi connectivity index (χ2v) is 7.79. The third-order valence-corrected chi connectivity index (χ3v) is 5.85. The molecule has 3 atom stereocenters.